The molecule has 0 radical (unpaired) electrons. The van der Waals surface area contributed by atoms with Gasteiger partial charge >= 0.3 is 0 Å². The highest BCUT2D eigenvalue weighted by Gasteiger charge is 2.11. The number of rotatable bonds is 5. The number of allylic oxidation sites excluding steroid dienone is 1. The average Bonchev–Trinajstić information content (AvgIpc) is 2.28. The van der Waals surface area contributed by atoms with Gasteiger partial charge < -0.3 is 10.1 Å². The fourth-order valence-electron chi connectivity index (χ4n) is 1.74. The van der Waals surface area contributed by atoms with Gasteiger partial charge in [0.15, 0.2) is 0 Å². The van der Waals surface area contributed by atoms with E-state index in [9.17, 15) is 0 Å². The highest BCUT2D eigenvalue weighted by Crippen LogP contribution is 2.26. The number of hydrogen-bond donors (Lipinski definition) is 1. The van der Waals surface area contributed by atoms with Gasteiger partial charge in [-0.1, -0.05) is 36.8 Å². The molecule has 0 heterocycles. The van der Waals surface area contributed by atoms with E-state index in [4.69, 9.17) is 4.74 Å². The van der Waals surface area contributed by atoms with Crippen molar-refractivity contribution in [2.24, 2.45) is 0 Å². The number of para-hydroxylation sites is 1. The second kappa shape index (κ2) is 6.33. The summed E-state index contributed by atoms with van der Waals surface area (Å²) in [5.41, 5.74) is 2.49. The normalized spacial score (nSPS) is 12.0. The van der Waals surface area contributed by atoms with E-state index in [1.54, 1.807) is 7.11 Å². The average molecular weight is 219 g/mol. The molecule has 88 valence electrons. The van der Waals surface area contributed by atoms with E-state index in [1.807, 2.05) is 18.2 Å². The second-order valence-corrected chi connectivity index (χ2v) is 4.02. The van der Waals surface area contributed by atoms with Crippen LogP contribution < -0.4 is 10.1 Å². The Kier molecular flexibility index (Phi) is 5.06. The van der Waals surface area contributed by atoms with Crippen molar-refractivity contribution in [3.05, 3.63) is 41.5 Å². The summed E-state index contributed by atoms with van der Waals surface area (Å²) in [5.74, 6) is 0.936. The molecule has 0 bridgehead atoms. The van der Waals surface area contributed by atoms with Gasteiger partial charge in [-0.15, -0.1) is 0 Å². The Morgan fingerprint density at radius 2 is 2.06 bits per heavy atom. The molecule has 0 amide bonds. The van der Waals surface area contributed by atoms with Gasteiger partial charge in [0.2, 0.25) is 0 Å². The molecule has 0 aliphatic rings. The molecule has 1 atom stereocenters. The van der Waals surface area contributed by atoms with Crippen LogP contribution in [0.1, 0.15) is 32.4 Å². The van der Waals surface area contributed by atoms with E-state index in [1.165, 1.54) is 11.1 Å². The van der Waals surface area contributed by atoms with Crippen LogP contribution >= 0.6 is 0 Å². The van der Waals surface area contributed by atoms with E-state index >= 15 is 0 Å². The summed E-state index contributed by atoms with van der Waals surface area (Å²) in [5, 5.41) is 3.45. The summed E-state index contributed by atoms with van der Waals surface area (Å²) in [7, 11) is 1.71. The summed E-state index contributed by atoms with van der Waals surface area (Å²) in [6.45, 7) is 7.27. The van der Waals surface area contributed by atoms with Crippen LogP contribution in [0.2, 0.25) is 0 Å². The third-order valence-corrected chi connectivity index (χ3v) is 2.40. The summed E-state index contributed by atoms with van der Waals surface area (Å²) in [6, 6.07) is 8.37. The number of benzene rings is 1. The van der Waals surface area contributed by atoms with Crippen LogP contribution in [0.15, 0.2) is 35.9 Å². The molecule has 1 aromatic rings. The van der Waals surface area contributed by atoms with E-state index in [-0.39, 0.29) is 6.04 Å². The van der Waals surface area contributed by atoms with Gasteiger partial charge in [0.1, 0.15) is 5.75 Å². The molecule has 0 aromatic heterocycles. The van der Waals surface area contributed by atoms with Crippen molar-refractivity contribution in [1.82, 2.24) is 5.32 Å². The predicted octanol–water partition coefficient (Wildman–Crippen LogP) is 3.31. The Morgan fingerprint density at radius 3 is 2.62 bits per heavy atom. The van der Waals surface area contributed by atoms with Crippen LogP contribution in [0, 0.1) is 0 Å². The van der Waals surface area contributed by atoms with Gasteiger partial charge in [0.25, 0.3) is 0 Å². The molecule has 0 saturated carbocycles. The van der Waals surface area contributed by atoms with Gasteiger partial charge in [0, 0.05) is 5.56 Å². The van der Waals surface area contributed by atoms with Crippen LogP contribution in [0.25, 0.3) is 0 Å². The number of ether oxygens (including phenoxy) is 1. The molecule has 0 saturated heterocycles. The first-order valence-corrected chi connectivity index (χ1v) is 5.70. The van der Waals surface area contributed by atoms with Gasteiger partial charge in [0.05, 0.1) is 13.2 Å². The molecule has 1 aromatic carbocycles. The summed E-state index contributed by atoms with van der Waals surface area (Å²) in [4.78, 5) is 0. The van der Waals surface area contributed by atoms with Crippen LogP contribution in [0.3, 0.4) is 0 Å². The van der Waals surface area contributed by atoms with Crippen molar-refractivity contribution in [1.29, 1.82) is 0 Å². The Balaban J connectivity index is 3.04. The number of methoxy groups -OCH3 is 1. The second-order valence-electron chi connectivity index (χ2n) is 4.02. The van der Waals surface area contributed by atoms with Crippen molar-refractivity contribution in [3.63, 3.8) is 0 Å². The lowest BCUT2D eigenvalue weighted by atomic mass is 10.0. The lowest BCUT2D eigenvalue weighted by Crippen LogP contribution is -2.19. The maximum absolute atomic E-state index is 5.38. The first-order valence-electron chi connectivity index (χ1n) is 5.70. The Hall–Kier alpha value is -1.28. The molecule has 0 aliphatic heterocycles. The van der Waals surface area contributed by atoms with Crippen LogP contribution in [-0.4, -0.2) is 13.7 Å². The zero-order valence-corrected chi connectivity index (χ0v) is 10.6. The Bertz CT molecular complexity index is 354. The highest BCUT2D eigenvalue weighted by atomic mass is 16.5. The molecular formula is C14H21NO. The molecule has 1 N–H and O–H groups in total. The third-order valence-electron chi connectivity index (χ3n) is 2.40. The molecule has 1 rings (SSSR count). The minimum Gasteiger partial charge on any atom is -0.496 e. The third kappa shape index (κ3) is 3.38. The lowest BCUT2D eigenvalue weighted by molar-refractivity contribution is 0.405. The largest absolute Gasteiger partial charge is 0.496 e. The summed E-state index contributed by atoms with van der Waals surface area (Å²) >= 11 is 0. The van der Waals surface area contributed by atoms with E-state index in [0.29, 0.717) is 0 Å². The Morgan fingerprint density at radius 1 is 1.38 bits per heavy atom. The molecule has 0 fully saturated rings. The highest BCUT2D eigenvalue weighted by molar-refractivity contribution is 5.38. The number of nitrogens with one attached hydrogen (secondary N) is 1. The van der Waals surface area contributed by atoms with Gasteiger partial charge in [-0.3, -0.25) is 0 Å². The molecular weight excluding hydrogens is 198 g/mol. The van der Waals surface area contributed by atoms with Crippen molar-refractivity contribution >= 4 is 0 Å². The minimum atomic E-state index is 0.228. The molecule has 2 heteroatoms. The van der Waals surface area contributed by atoms with Crippen LogP contribution in [0.5, 0.6) is 5.75 Å². The van der Waals surface area contributed by atoms with Crippen molar-refractivity contribution < 1.29 is 4.74 Å². The molecule has 16 heavy (non-hydrogen) atoms. The first kappa shape index (κ1) is 12.8. The van der Waals surface area contributed by atoms with E-state index in [2.05, 4.69) is 38.2 Å². The maximum Gasteiger partial charge on any atom is 0.123 e. The van der Waals surface area contributed by atoms with E-state index in [0.717, 1.165) is 12.3 Å². The number of likely N-dealkylation sites (N-methyl/N-ethyl adjacent to an activating group) is 1. The van der Waals surface area contributed by atoms with Crippen molar-refractivity contribution in [3.8, 4) is 5.75 Å². The van der Waals surface area contributed by atoms with Gasteiger partial charge in [-0.2, -0.15) is 0 Å². The van der Waals surface area contributed by atoms with Gasteiger partial charge in [-0.05, 0) is 26.5 Å². The lowest BCUT2D eigenvalue weighted by Gasteiger charge is -2.18. The SMILES string of the molecule is CCNC(C=C(C)C)c1ccccc1OC. The fourth-order valence-corrected chi connectivity index (χ4v) is 1.74. The quantitative estimate of drug-likeness (QED) is 0.767. The first-order chi connectivity index (χ1) is 7.69. The van der Waals surface area contributed by atoms with E-state index < -0.39 is 0 Å². The van der Waals surface area contributed by atoms with Gasteiger partial charge in [-0.25, -0.2) is 0 Å². The van der Waals surface area contributed by atoms with Crippen LogP contribution in [-0.2, 0) is 0 Å². The summed E-state index contributed by atoms with van der Waals surface area (Å²) in [6.07, 6.45) is 2.22. The monoisotopic (exact) mass is 219 g/mol. The molecule has 1 unspecified atom stereocenters. The fraction of sp³-hybridized carbons (Fsp3) is 0.429. The topological polar surface area (TPSA) is 21.3 Å². The Labute approximate surface area is 98.3 Å². The number of hydrogen-bond acceptors (Lipinski definition) is 2. The smallest absolute Gasteiger partial charge is 0.123 e. The maximum atomic E-state index is 5.38. The minimum absolute atomic E-state index is 0.228. The molecule has 0 aliphatic carbocycles. The zero-order valence-electron chi connectivity index (χ0n) is 10.6. The molecule has 0 spiro atoms. The van der Waals surface area contributed by atoms with Crippen molar-refractivity contribution in [2.45, 2.75) is 26.8 Å². The standard InChI is InChI=1S/C14H21NO/c1-5-15-13(10-11(2)3)12-8-6-7-9-14(12)16-4/h6-10,13,15H,5H2,1-4H3. The van der Waals surface area contributed by atoms with Crippen molar-refractivity contribution in [2.75, 3.05) is 13.7 Å². The zero-order chi connectivity index (χ0) is 12.0. The summed E-state index contributed by atoms with van der Waals surface area (Å²) < 4.78 is 5.38. The van der Waals surface area contributed by atoms with Crippen LogP contribution in [0.4, 0.5) is 0 Å². The predicted molar refractivity (Wildman–Crippen MR) is 68.8 cm³/mol. The molecule has 2 nitrogen and oxygen atoms in total.